The second-order valence-electron chi connectivity index (χ2n) is 4.57. The number of nitrogens with one attached hydrogen (secondary N) is 1. The van der Waals surface area contributed by atoms with Crippen LogP contribution in [-0.4, -0.2) is 9.97 Å². The number of allylic oxidation sites excluding steroid dienone is 2. The second-order valence-corrected chi connectivity index (χ2v) is 4.57. The molecular weight excluding hydrogens is 224 g/mol. The summed E-state index contributed by atoms with van der Waals surface area (Å²) in [6.45, 7) is 1.82. The number of aromatic amines is 1. The maximum atomic E-state index is 11.8. The molecule has 1 aromatic carbocycles. The number of aromatic nitrogens is 2. The van der Waals surface area contributed by atoms with Crippen LogP contribution in [0.4, 0.5) is 0 Å². The van der Waals surface area contributed by atoms with E-state index in [9.17, 15) is 4.79 Å². The fourth-order valence-electron chi connectivity index (χ4n) is 2.36. The molecule has 0 amide bonds. The number of rotatable bonds is 2. The van der Waals surface area contributed by atoms with Gasteiger partial charge in [0.25, 0.3) is 5.56 Å². The van der Waals surface area contributed by atoms with Gasteiger partial charge < -0.3 is 4.98 Å². The first-order chi connectivity index (χ1) is 8.74. The van der Waals surface area contributed by atoms with E-state index >= 15 is 0 Å². The van der Waals surface area contributed by atoms with Crippen LogP contribution in [0.5, 0.6) is 0 Å². The highest BCUT2D eigenvalue weighted by atomic mass is 16.1. The SMILES string of the molecule is Cc1nc2c(c(=O)[nH]1)CC=C2Cc1ccccc1. The van der Waals surface area contributed by atoms with E-state index in [1.807, 2.05) is 25.1 Å². The van der Waals surface area contributed by atoms with Crippen LogP contribution < -0.4 is 5.56 Å². The van der Waals surface area contributed by atoms with Crippen LogP contribution in [0.1, 0.15) is 22.6 Å². The fourth-order valence-corrected chi connectivity index (χ4v) is 2.36. The molecule has 3 rings (SSSR count). The van der Waals surface area contributed by atoms with E-state index in [2.05, 4.69) is 28.2 Å². The van der Waals surface area contributed by atoms with Gasteiger partial charge in [0.2, 0.25) is 0 Å². The van der Waals surface area contributed by atoms with E-state index in [4.69, 9.17) is 0 Å². The maximum absolute atomic E-state index is 11.8. The molecule has 3 nitrogen and oxygen atoms in total. The van der Waals surface area contributed by atoms with Crippen LogP contribution in [0.25, 0.3) is 5.57 Å². The van der Waals surface area contributed by atoms with Gasteiger partial charge in [-0.25, -0.2) is 4.98 Å². The van der Waals surface area contributed by atoms with Crippen LogP contribution in [-0.2, 0) is 12.8 Å². The molecule has 0 spiro atoms. The van der Waals surface area contributed by atoms with Crippen molar-refractivity contribution >= 4 is 5.57 Å². The van der Waals surface area contributed by atoms with Crippen molar-refractivity contribution in [3.05, 3.63) is 69.4 Å². The van der Waals surface area contributed by atoms with Gasteiger partial charge in [-0.1, -0.05) is 36.4 Å². The molecular formula is C15H14N2O. The summed E-state index contributed by atoms with van der Waals surface area (Å²) in [7, 11) is 0. The maximum Gasteiger partial charge on any atom is 0.254 e. The Labute approximate surface area is 105 Å². The summed E-state index contributed by atoms with van der Waals surface area (Å²) in [4.78, 5) is 19.0. The molecule has 1 aliphatic carbocycles. The van der Waals surface area contributed by atoms with Crippen molar-refractivity contribution in [2.45, 2.75) is 19.8 Å². The van der Waals surface area contributed by atoms with Crippen LogP contribution in [0.15, 0.2) is 41.2 Å². The van der Waals surface area contributed by atoms with Gasteiger partial charge in [-0.05, 0) is 30.9 Å². The van der Waals surface area contributed by atoms with Gasteiger partial charge in [0.1, 0.15) is 5.82 Å². The number of aryl methyl sites for hydroxylation is 1. The van der Waals surface area contributed by atoms with E-state index in [-0.39, 0.29) is 5.56 Å². The van der Waals surface area contributed by atoms with E-state index in [1.54, 1.807) is 0 Å². The molecule has 0 unspecified atom stereocenters. The zero-order valence-corrected chi connectivity index (χ0v) is 10.2. The number of H-pyrrole nitrogens is 1. The van der Waals surface area contributed by atoms with E-state index in [0.29, 0.717) is 12.2 Å². The summed E-state index contributed by atoms with van der Waals surface area (Å²) >= 11 is 0. The van der Waals surface area contributed by atoms with Crippen molar-refractivity contribution < 1.29 is 0 Å². The highest BCUT2D eigenvalue weighted by molar-refractivity contribution is 5.71. The topological polar surface area (TPSA) is 45.8 Å². The van der Waals surface area contributed by atoms with Gasteiger partial charge >= 0.3 is 0 Å². The fraction of sp³-hybridized carbons (Fsp3) is 0.200. The Bertz CT molecular complexity index is 669. The summed E-state index contributed by atoms with van der Waals surface area (Å²) in [6, 6.07) is 10.3. The normalized spacial score (nSPS) is 13.3. The molecule has 0 fully saturated rings. The molecule has 1 N–H and O–H groups in total. The number of hydrogen-bond acceptors (Lipinski definition) is 2. The third-order valence-corrected chi connectivity index (χ3v) is 3.23. The lowest BCUT2D eigenvalue weighted by atomic mass is 10.0. The Kier molecular flexibility index (Phi) is 2.59. The molecule has 0 bridgehead atoms. The van der Waals surface area contributed by atoms with Gasteiger partial charge in [0, 0.05) is 5.56 Å². The summed E-state index contributed by atoms with van der Waals surface area (Å²) in [5.74, 6) is 0.680. The van der Waals surface area contributed by atoms with Crippen LogP contribution in [0.3, 0.4) is 0 Å². The second kappa shape index (κ2) is 4.26. The number of hydrogen-bond donors (Lipinski definition) is 1. The highest BCUT2D eigenvalue weighted by Crippen LogP contribution is 2.26. The lowest BCUT2D eigenvalue weighted by Crippen LogP contribution is -2.16. The smallest absolute Gasteiger partial charge is 0.254 e. The van der Waals surface area contributed by atoms with E-state index < -0.39 is 0 Å². The molecule has 2 aromatic rings. The summed E-state index contributed by atoms with van der Waals surface area (Å²) in [6.07, 6.45) is 3.64. The first-order valence-corrected chi connectivity index (χ1v) is 6.07. The molecule has 1 aromatic heterocycles. The lowest BCUT2D eigenvalue weighted by Gasteiger charge is -2.05. The molecule has 1 aliphatic rings. The zero-order chi connectivity index (χ0) is 12.5. The summed E-state index contributed by atoms with van der Waals surface area (Å²) in [5.41, 5.74) is 4.07. The number of nitrogens with zero attached hydrogens (tertiary/aromatic N) is 1. The molecule has 90 valence electrons. The summed E-state index contributed by atoms with van der Waals surface area (Å²) in [5, 5.41) is 0. The number of benzene rings is 1. The van der Waals surface area contributed by atoms with Crippen molar-refractivity contribution in [2.75, 3.05) is 0 Å². The largest absolute Gasteiger partial charge is 0.311 e. The standard InChI is InChI=1S/C15H14N2O/c1-10-16-14-12(7-8-13(14)15(18)17-10)9-11-5-3-2-4-6-11/h2-7H,8-9H2,1H3,(H,16,17,18). The molecule has 1 heterocycles. The van der Waals surface area contributed by atoms with Crippen LogP contribution >= 0.6 is 0 Å². The van der Waals surface area contributed by atoms with E-state index in [0.717, 1.165) is 23.3 Å². The monoisotopic (exact) mass is 238 g/mol. The Hall–Kier alpha value is -2.16. The highest BCUT2D eigenvalue weighted by Gasteiger charge is 2.19. The molecule has 0 radical (unpaired) electrons. The summed E-state index contributed by atoms with van der Waals surface area (Å²) < 4.78 is 0. The first kappa shape index (κ1) is 11.0. The molecule has 0 aliphatic heterocycles. The predicted octanol–water partition coefficient (Wildman–Crippen LogP) is 2.26. The quantitative estimate of drug-likeness (QED) is 0.872. The molecule has 0 atom stereocenters. The molecule has 3 heteroatoms. The zero-order valence-electron chi connectivity index (χ0n) is 10.2. The Morgan fingerprint density at radius 3 is 2.83 bits per heavy atom. The first-order valence-electron chi connectivity index (χ1n) is 6.07. The van der Waals surface area contributed by atoms with Crippen molar-refractivity contribution in [1.29, 1.82) is 0 Å². The Morgan fingerprint density at radius 2 is 2.06 bits per heavy atom. The lowest BCUT2D eigenvalue weighted by molar-refractivity contribution is 0.970. The molecule has 0 saturated carbocycles. The van der Waals surface area contributed by atoms with Crippen molar-refractivity contribution in [1.82, 2.24) is 9.97 Å². The third kappa shape index (κ3) is 1.88. The average Bonchev–Trinajstić information content (AvgIpc) is 2.74. The third-order valence-electron chi connectivity index (χ3n) is 3.23. The van der Waals surface area contributed by atoms with Gasteiger partial charge in [-0.3, -0.25) is 4.79 Å². The Balaban J connectivity index is 1.98. The van der Waals surface area contributed by atoms with Crippen LogP contribution in [0, 0.1) is 6.92 Å². The van der Waals surface area contributed by atoms with Gasteiger partial charge in [0.15, 0.2) is 0 Å². The van der Waals surface area contributed by atoms with Gasteiger partial charge in [-0.2, -0.15) is 0 Å². The van der Waals surface area contributed by atoms with Gasteiger partial charge in [-0.15, -0.1) is 0 Å². The Morgan fingerprint density at radius 1 is 1.28 bits per heavy atom. The van der Waals surface area contributed by atoms with E-state index in [1.165, 1.54) is 5.56 Å². The van der Waals surface area contributed by atoms with Gasteiger partial charge in [0.05, 0.1) is 5.69 Å². The number of fused-ring (bicyclic) bond motifs is 1. The molecule has 0 saturated heterocycles. The van der Waals surface area contributed by atoms with Crippen molar-refractivity contribution in [3.8, 4) is 0 Å². The van der Waals surface area contributed by atoms with Crippen molar-refractivity contribution in [3.63, 3.8) is 0 Å². The minimum atomic E-state index is -0.00295. The minimum absolute atomic E-state index is 0.00295. The molecule has 18 heavy (non-hydrogen) atoms. The predicted molar refractivity (Wildman–Crippen MR) is 71.4 cm³/mol. The average molecular weight is 238 g/mol. The van der Waals surface area contributed by atoms with Crippen molar-refractivity contribution in [2.24, 2.45) is 0 Å². The van der Waals surface area contributed by atoms with Crippen LogP contribution in [0.2, 0.25) is 0 Å². The minimum Gasteiger partial charge on any atom is -0.311 e.